The number of aromatic nitrogens is 4. The average molecular weight is 418 g/mol. The molecule has 152 valence electrons. The van der Waals surface area contributed by atoms with E-state index in [1.165, 1.54) is 11.8 Å². The number of hydrogen-bond acceptors (Lipinski definition) is 5. The number of amides is 1. The molecular weight excluding hydrogens is 394 g/mol. The van der Waals surface area contributed by atoms with Crippen molar-refractivity contribution in [1.82, 2.24) is 19.6 Å². The van der Waals surface area contributed by atoms with E-state index in [0.29, 0.717) is 5.16 Å². The van der Waals surface area contributed by atoms with Crippen LogP contribution in [0.5, 0.6) is 0 Å². The van der Waals surface area contributed by atoms with Crippen LogP contribution < -0.4 is 5.32 Å². The third-order valence-electron chi connectivity index (χ3n) is 4.87. The van der Waals surface area contributed by atoms with Crippen LogP contribution >= 0.6 is 11.8 Å². The number of benzene rings is 2. The van der Waals surface area contributed by atoms with Crippen molar-refractivity contribution in [2.24, 2.45) is 0 Å². The minimum absolute atomic E-state index is 0.102. The van der Waals surface area contributed by atoms with Gasteiger partial charge in [0.2, 0.25) is 5.91 Å². The summed E-state index contributed by atoms with van der Waals surface area (Å²) in [5.74, 6) is 0.689. The van der Waals surface area contributed by atoms with Crippen LogP contribution in [0.1, 0.15) is 33.5 Å². The highest BCUT2D eigenvalue weighted by molar-refractivity contribution is 8.00. The van der Waals surface area contributed by atoms with Gasteiger partial charge in [0.15, 0.2) is 10.8 Å². The topological polar surface area (TPSA) is 72.2 Å². The second kappa shape index (κ2) is 8.28. The van der Waals surface area contributed by atoms with Crippen molar-refractivity contribution in [2.45, 2.75) is 38.1 Å². The molecule has 30 heavy (non-hydrogen) atoms. The fourth-order valence-corrected chi connectivity index (χ4v) is 4.44. The zero-order valence-electron chi connectivity index (χ0n) is 17.4. The molecule has 0 spiro atoms. The molecule has 0 aliphatic rings. The van der Waals surface area contributed by atoms with Crippen molar-refractivity contribution in [3.8, 4) is 0 Å². The third-order valence-corrected chi connectivity index (χ3v) is 6.07. The highest BCUT2D eigenvalue weighted by Gasteiger charge is 2.25. The van der Waals surface area contributed by atoms with Crippen LogP contribution in [0.25, 0.3) is 5.65 Å². The molecule has 2 aromatic carbocycles. The van der Waals surface area contributed by atoms with E-state index in [0.717, 1.165) is 39.5 Å². The molecule has 1 N–H and O–H groups in total. The maximum Gasteiger partial charge on any atom is 0.242 e. The van der Waals surface area contributed by atoms with Crippen LogP contribution in [0.15, 0.2) is 59.8 Å². The van der Waals surface area contributed by atoms with Gasteiger partial charge in [0.1, 0.15) is 11.1 Å². The summed E-state index contributed by atoms with van der Waals surface area (Å²) in [5.41, 5.74) is 5.45. The van der Waals surface area contributed by atoms with Gasteiger partial charge in [0.25, 0.3) is 0 Å². The van der Waals surface area contributed by atoms with Gasteiger partial charge in [0, 0.05) is 17.4 Å². The Bertz CT molecular complexity index is 1220. The van der Waals surface area contributed by atoms with Crippen LogP contribution in [0.2, 0.25) is 0 Å². The molecule has 0 radical (unpaired) electrons. The number of hydrogen-bond donors (Lipinski definition) is 1. The molecule has 1 unspecified atom stereocenters. The Morgan fingerprint density at radius 1 is 1.00 bits per heavy atom. The summed E-state index contributed by atoms with van der Waals surface area (Å²) in [5, 5.41) is 11.9. The number of nitrogens with one attached hydrogen (secondary N) is 1. The van der Waals surface area contributed by atoms with Gasteiger partial charge in [-0.15, -0.1) is 10.2 Å². The van der Waals surface area contributed by atoms with E-state index >= 15 is 0 Å². The number of aryl methyl sites for hydroxylation is 4. The molecule has 7 heteroatoms. The lowest BCUT2D eigenvalue weighted by Gasteiger charge is -2.17. The summed E-state index contributed by atoms with van der Waals surface area (Å²) < 4.78 is 1.89. The zero-order valence-corrected chi connectivity index (χ0v) is 18.2. The van der Waals surface area contributed by atoms with Crippen molar-refractivity contribution in [3.63, 3.8) is 0 Å². The van der Waals surface area contributed by atoms with Crippen molar-refractivity contribution in [1.29, 1.82) is 0 Å². The van der Waals surface area contributed by atoms with Crippen molar-refractivity contribution < 1.29 is 4.79 Å². The fraction of sp³-hybridized carbons (Fsp3) is 0.217. The van der Waals surface area contributed by atoms with E-state index in [-0.39, 0.29) is 5.91 Å². The molecular formula is C23H23N5OS. The molecule has 1 atom stereocenters. The lowest BCUT2D eigenvalue weighted by Crippen LogP contribution is -2.20. The molecule has 2 heterocycles. The molecule has 1 amide bonds. The predicted molar refractivity (Wildman–Crippen MR) is 120 cm³/mol. The Balaban J connectivity index is 1.71. The predicted octanol–water partition coefficient (Wildman–Crippen LogP) is 4.83. The van der Waals surface area contributed by atoms with Gasteiger partial charge in [0.05, 0.1) is 0 Å². The standard InChI is InChI=1S/C23H23N5OS/c1-14-10-11-15(2)19(12-14)25-22(29)21(18-8-6-5-7-9-18)30-23-27-26-20-13-16(3)24-17(4)28(20)23/h5-13,21H,1-4H3,(H,25,29). The van der Waals surface area contributed by atoms with E-state index in [2.05, 4.69) is 20.5 Å². The van der Waals surface area contributed by atoms with Gasteiger partial charge in [-0.1, -0.05) is 54.2 Å². The number of anilines is 1. The first kappa shape index (κ1) is 20.1. The summed E-state index contributed by atoms with van der Waals surface area (Å²) >= 11 is 1.37. The average Bonchev–Trinajstić information content (AvgIpc) is 3.12. The summed E-state index contributed by atoms with van der Waals surface area (Å²) in [4.78, 5) is 17.9. The van der Waals surface area contributed by atoms with E-state index in [4.69, 9.17) is 0 Å². The lowest BCUT2D eigenvalue weighted by molar-refractivity contribution is -0.115. The second-order valence-corrected chi connectivity index (χ2v) is 8.41. The normalized spacial score (nSPS) is 12.1. The van der Waals surface area contributed by atoms with E-state index in [1.54, 1.807) is 0 Å². The van der Waals surface area contributed by atoms with Gasteiger partial charge in [-0.05, 0) is 50.5 Å². The van der Waals surface area contributed by atoms with Crippen LogP contribution in [0, 0.1) is 27.7 Å². The van der Waals surface area contributed by atoms with E-state index in [1.807, 2.05) is 86.7 Å². The summed E-state index contributed by atoms with van der Waals surface area (Å²) in [6.07, 6.45) is 0. The van der Waals surface area contributed by atoms with Gasteiger partial charge in [-0.2, -0.15) is 0 Å². The van der Waals surface area contributed by atoms with Crippen molar-refractivity contribution in [3.05, 3.63) is 82.8 Å². The Kier molecular flexibility index (Phi) is 5.55. The van der Waals surface area contributed by atoms with Crippen molar-refractivity contribution in [2.75, 3.05) is 5.32 Å². The number of carbonyl (C=O) groups is 1. The third kappa shape index (κ3) is 4.07. The quantitative estimate of drug-likeness (QED) is 0.471. The first-order valence-electron chi connectivity index (χ1n) is 9.71. The molecule has 0 fully saturated rings. The van der Waals surface area contributed by atoms with Crippen LogP contribution in [-0.2, 0) is 4.79 Å². The number of rotatable bonds is 5. The lowest BCUT2D eigenvalue weighted by atomic mass is 10.1. The monoisotopic (exact) mass is 417 g/mol. The summed E-state index contributed by atoms with van der Waals surface area (Å²) in [7, 11) is 0. The van der Waals surface area contributed by atoms with Crippen LogP contribution in [-0.4, -0.2) is 25.5 Å². The maximum absolute atomic E-state index is 13.4. The highest BCUT2D eigenvalue weighted by atomic mass is 32.2. The first-order valence-corrected chi connectivity index (χ1v) is 10.6. The Morgan fingerprint density at radius 2 is 1.77 bits per heavy atom. The number of nitrogens with zero attached hydrogens (tertiary/aromatic N) is 4. The van der Waals surface area contributed by atoms with Gasteiger partial charge < -0.3 is 5.32 Å². The molecule has 6 nitrogen and oxygen atoms in total. The van der Waals surface area contributed by atoms with Crippen molar-refractivity contribution >= 4 is 29.0 Å². The molecule has 0 saturated heterocycles. The number of fused-ring (bicyclic) bond motifs is 1. The minimum atomic E-state index is -0.487. The Labute approximate surface area is 179 Å². The molecule has 0 aliphatic heterocycles. The van der Waals surface area contributed by atoms with Gasteiger partial charge in [-0.25, -0.2) is 4.98 Å². The Morgan fingerprint density at radius 3 is 2.53 bits per heavy atom. The molecule has 0 bridgehead atoms. The molecule has 4 aromatic rings. The van der Waals surface area contributed by atoms with Gasteiger partial charge in [-0.3, -0.25) is 9.20 Å². The number of thioether (sulfide) groups is 1. The first-order chi connectivity index (χ1) is 14.4. The SMILES string of the molecule is Cc1ccc(C)c(NC(=O)C(Sc2nnc3cc(C)nc(C)n23)c2ccccc2)c1. The van der Waals surface area contributed by atoms with Crippen LogP contribution in [0.4, 0.5) is 5.69 Å². The summed E-state index contributed by atoms with van der Waals surface area (Å²) in [6.45, 7) is 7.85. The van der Waals surface area contributed by atoms with Gasteiger partial charge >= 0.3 is 0 Å². The van der Waals surface area contributed by atoms with E-state index in [9.17, 15) is 4.79 Å². The second-order valence-electron chi connectivity index (χ2n) is 7.34. The fourth-order valence-electron chi connectivity index (χ4n) is 3.35. The minimum Gasteiger partial charge on any atom is -0.325 e. The Hall–Kier alpha value is -3.19. The largest absolute Gasteiger partial charge is 0.325 e. The highest BCUT2D eigenvalue weighted by Crippen LogP contribution is 2.36. The molecule has 0 aliphatic carbocycles. The number of carbonyl (C=O) groups excluding carboxylic acids is 1. The maximum atomic E-state index is 13.4. The zero-order chi connectivity index (χ0) is 21.3. The molecule has 4 rings (SSSR count). The van der Waals surface area contributed by atoms with Crippen LogP contribution in [0.3, 0.4) is 0 Å². The van der Waals surface area contributed by atoms with E-state index < -0.39 is 5.25 Å². The smallest absolute Gasteiger partial charge is 0.242 e. The molecule has 2 aromatic heterocycles. The molecule has 0 saturated carbocycles. The summed E-state index contributed by atoms with van der Waals surface area (Å²) in [6, 6.07) is 17.7.